The summed E-state index contributed by atoms with van der Waals surface area (Å²) in [5.74, 6) is 1.26. The minimum atomic E-state index is -0.462. The van der Waals surface area contributed by atoms with Crippen molar-refractivity contribution in [2.75, 3.05) is 26.8 Å². The fraction of sp³-hybridized carbons (Fsp3) is 0.364. The largest absolute Gasteiger partial charge is 0.500 e. The summed E-state index contributed by atoms with van der Waals surface area (Å²) in [6, 6.07) is 17.2. The van der Waals surface area contributed by atoms with E-state index in [1.165, 1.54) is 25.3 Å². The first-order valence-corrected chi connectivity index (χ1v) is 14.5. The maximum atomic E-state index is 13.4. The van der Waals surface area contributed by atoms with E-state index in [-0.39, 0.29) is 30.5 Å². The van der Waals surface area contributed by atoms with Gasteiger partial charge in [-0.05, 0) is 73.4 Å². The number of imidazole rings is 1. The number of rotatable bonds is 10. The molecule has 0 amide bonds. The van der Waals surface area contributed by atoms with Crippen molar-refractivity contribution in [1.82, 2.24) is 14.5 Å². The monoisotopic (exact) mass is 584 g/mol. The molecular formula is C33H33FN4O5. The number of hydrogen-bond acceptors (Lipinski definition) is 7. The van der Waals surface area contributed by atoms with Crippen LogP contribution in [0, 0.1) is 12.4 Å². The molecule has 2 saturated heterocycles. The van der Waals surface area contributed by atoms with E-state index in [0.29, 0.717) is 24.4 Å². The lowest BCUT2D eigenvalue weighted by molar-refractivity contribution is -0.0592. The topological polar surface area (TPSA) is 79.4 Å². The van der Waals surface area contributed by atoms with Gasteiger partial charge in [0.05, 0.1) is 49.5 Å². The highest BCUT2D eigenvalue weighted by Gasteiger charge is 2.26. The summed E-state index contributed by atoms with van der Waals surface area (Å²) in [7, 11) is 1.39. The van der Waals surface area contributed by atoms with Gasteiger partial charge in [-0.1, -0.05) is 12.1 Å². The lowest BCUT2D eigenvalue weighted by atomic mass is 10.1. The zero-order chi connectivity index (χ0) is 29.8. The van der Waals surface area contributed by atoms with E-state index in [2.05, 4.69) is 14.3 Å². The summed E-state index contributed by atoms with van der Waals surface area (Å²) < 4.78 is 38.4. The summed E-state index contributed by atoms with van der Waals surface area (Å²) in [5, 5.41) is 0. The van der Waals surface area contributed by atoms with Gasteiger partial charge in [0.2, 0.25) is 5.69 Å². The lowest BCUT2D eigenvalue weighted by Gasteiger charge is -2.32. The molecule has 3 heterocycles. The van der Waals surface area contributed by atoms with Gasteiger partial charge in [-0.25, -0.2) is 19.0 Å². The van der Waals surface area contributed by atoms with E-state index in [0.717, 1.165) is 67.1 Å². The highest BCUT2D eigenvalue weighted by Crippen LogP contribution is 2.30. The number of aromatic nitrogens is 2. The number of benzene rings is 3. The number of ether oxygens (including phenoxy) is 4. The quantitative estimate of drug-likeness (QED) is 0.169. The number of esters is 1. The third-order valence-electron chi connectivity index (χ3n) is 7.96. The van der Waals surface area contributed by atoms with Crippen molar-refractivity contribution in [3.63, 3.8) is 0 Å². The second-order valence-corrected chi connectivity index (χ2v) is 10.9. The van der Waals surface area contributed by atoms with Gasteiger partial charge in [-0.3, -0.25) is 4.90 Å². The molecule has 0 spiro atoms. The van der Waals surface area contributed by atoms with Gasteiger partial charge < -0.3 is 23.5 Å². The van der Waals surface area contributed by atoms with Crippen LogP contribution in [0.2, 0.25) is 0 Å². The molecule has 0 radical (unpaired) electrons. The molecule has 9 nitrogen and oxygen atoms in total. The molecule has 2 fully saturated rings. The van der Waals surface area contributed by atoms with Crippen LogP contribution in [0.5, 0.6) is 11.5 Å². The molecule has 2 aliphatic heterocycles. The third kappa shape index (κ3) is 6.63. The van der Waals surface area contributed by atoms with Crippen molar-refractivity contribution in [1.29, 1.82) is 0 Å². The van der Waals surface area contributed by atoms with Crippen LogP contribution in [0.3, 0.4) is 0 Å². The Morgan fingerprint density at radius 1 is 1.12 bits per heavy atom. The number of likely N-dealkylation sites (tertiary alicyclic amines) is 1. The number of fused-ring (bicyclic) bond motifs is 1. The van der Waals surface area contributed by atoms with Crippen molar-refractivity contribution in [3.8, 4) is 11.5 Å². The van der Waals surface area contributed by atoms with Gasteiger partial charge in [-0.2, -0.15) is 0 Å². The molecule has 0 bridgehead atoms. The van der Waals surface area contributed by atoms with Gasteiger partial charge in [0.1, 0.15) is 35.9 Å². The number of carbonyl (C=O) groups is 1. The highest BCUT2D eigenvalue weighted by atomic mass is 19.1. The Morgan fingerprint density at radius 2 is 1.95 bits per heavy atom. The Bertz CT molecular complexity index is 1650. The number of nitrogens with zero attached hydrogens (tertiary/aromatic N) is 4. The molecule has 0 unspecified atom stereocenters. The van der Waals surface area contributed by atoms with E-state index in [4.69, 9.17) is 30.5 Å². The Hall–Kier alpha value is -4.46. The summed E-state index contributed by atoms with van der Waals surface area (Å²) in [4.78, 5) is 22.8. The van der Waals surface area contributed by atoms with Crippen LogP contribution in [-0.2, 0) is 29.2 Å². The van der Waals surface area contributed by atoms with Crippen LogP contribution in [0.1, 0.15) is 41.0 Å². The van der Waals surface area contributed by atoms with Gasteiger partial charge in [0.15, 0.2) is 0 Å². The maximum absolute atomic E-state index is 13.4. The maximum Gasteiger partial charge on any atom is 0.337 e. The summed E-state index contributed by atoms with van der Waals surface area (Å²) in [6.45, 7) is 11.4. The van der Waals surface area contributed by atoms with Crippen LogP contribution in [-0.4, -0.2) is 59.4 Å². The number of halogens is 1. The molecule has 6 rings (SSSR count). The van der Waals surface area contributed by atoms with Gasteiger partial charge in [0, 0.05) is 19.7 Å². The van der Waals surface area contributed by atoms with E-state index in [1.807, 2.05) is 36.4 Å². The molecule has 3 aromatic carbocycles. The van der Waals surface area contributed by atoms with E-state index >= 15 is 0 Å². The van der Waals surface area contributed by atoms with E-state index in [1.54, 1.807) is 6.07 Å². The lowest BCUT2D eigenvalue weighted by Crippen LogP contribution is -2.39. The molecule has 43 heavy (non-hydrogen) atoms. The predicted molar refractivity (Wildman–Crippen MR) is 158 cm³/mol. The van der Waals surface area contributed by atoms with Crippen LogP contribution in [0.4, 0.5) is 10.1 Å². The van der Waals surface area contributed by atoms with Crippen molar-refractivity contribution in [2.45, 2.75) is 51.2 Å². The van der Waals surface area contributed by atoms with Crippen LogP contribution in [0.15, 0.2) is 60.7 Å². The summed E-state index contributed by atoms with van der Waals surface area (Å²) in [6.07, 6.45) is 3.01. The highest BCUT2D eigenvalue weighted by molar-refractivity contribution is 5.93. The van der Waals surface area contributed by atoms with E-state index in [9.17, 15) is 9.18 Å². The van der Waals surface area contributed by atoms with Crippen molar-refractivity contribution in [2.24, 2.45) is 0 Å². The number of methoxy groups -OCH3 is 1. The average Bonchev–Trinajstić information content (AvgIpc) is 3.34. The second kappa shape index (κ2) is 12.8. The molecule has 0 N–H and O–H groups in total. The van der Waals surface area contributed by atoms with E-state index < -0.39 is 5.82 Å². The average molecular weight is 585 g/mol. The Labute approximate surface area is 249 Å². The standard InChI is InChI=1S/C33H33FN4O5/c1-35-29-18-24(34)7-9-31(29)42-21-22-4-3-5-26(16-22)43-25-10-13-37(14-11-25)20-32-36-28-8-6-23(33(39)40-2)17-30(28)38(32)19-27-12-15-41-27/h3-9,16-18,25,27H,10-15,19-21H2,2H3/t27-/m0/s1. The fourth-order valence-corrected chi connectivity index (χ4v) is 5.52. The smallest absolute Gasteiger partial charge is 0.337 e. The molecule has 0 aliphatic carbocycles. The molecule has 2 aliphatic rings. The van der Waals surface area contributed by atoms with Gasteiger partial charge in [-0.15, -0.1) is 0 Å². The van der Waals surface area contributed by atoms with Crippen molar-refractivity contribution >= 4 is 22.7 Å². The van der Waals surface area contributed by atoms with Crippen molar-refractivity contribution < 1.29 is 28.1 Å². The fourth-order valence-electron chi connectivity index (χ4n) is 5.52. The first kappa shape index (κ1) is 28.6. The van der Waals surface area contributed by atoms with Gasteiger partial charge >= 0.3 is 5.97 Å². The van der Waals surface area contributed by atoms with Gasteiger partial charge in [0.25, 0.3) is 0 Å². The van der Waals surface area contributed by atoms with Crippen LogP contribution < -0.4 is 9.47 Å². The minimum absolute atomic E-state index is 0.0862. The molecule has 0 saturated carbocycles. The Balaban J connectivity index is 1.07. The first-order chi connectivity index (χ1) is 21.0. The minimum Gasteiger partial charge on any atom is -0.500 e. The first-order valence-electron chi connectivity index (χ1n) is 14.5. The molecule has 222 valence electrons. The zero-order valence-corrected chi connectivity index (χ0v) is 24.0. The second-order valence-electron chi connectivity index (χ2n) is 10.9. The van der Waals surface area contributed by atoms with Crippen molar-refractivity contribution in [3.05, 3.63) is 94.8 Å². The Morgan fingerprint density at radius 3 is 2.70 bits per heavy atom. The molecular weight excluding hydrogens is 551 g/mol. The Kier molecular flexibility index (Phi) is 8.54. The molecule has 1 atom stereocenters. The number of carbonyl (C=O) groups excluding carboxylic acids is 1. The normalized spacial score (nSPS) is 17.3. The summed E-state index contributed by atoms with van der Waals surface area (Å²) >= 11 is 0. The van der Waals surface area contributed by atoms with Crippen LogP contribution in [0.25, 0.3) is 15.9 Å². The molecule has 1 aromatic heterocycles. The number of piperidine rings is 1. The molecule has 4 aromatic rings. The zero-order valence-electron chi connectivity index (χ0n) is 24.0. The van der Waals surface area contributed by atoms with Crippen LogP contribution >= 0.6 is 0 Å². The number of hydrogen-bond donors (Lipinski definition) is 0. The molecule has 10 heteroatoms. The SMILES string of the molecule is [C-]#[N+]c1cc(F)ccc1OCc1cccc(OC2CCN(Cc3nc4ccc(C(=O)OC)cc4n3C[C@@H]3CCO3)CC2)c1. The predicted octanol–water partition coefficient (Wildman–Crippen LogP) is 5.92. The summed E-state index contributed by atoms with van der Waals surface area (Å²) in [5.41, 5.74) is 3.33. The third-order valence-corrected chi connectivity index (χ3v) is 7.96.